The molecule has 3 N–H and O–H groups in total. The lowest BCUT2D eigenvalue weighted by molar-refractivity contribution is -0.119. The van der Waals surface area contributed by atoms with E-state index in [2.05, 4.69) is 5.32 Å². The van der Waals surface area contributed by atoms with Gasteiger partial charge in [-0.3, -0.25) is 9.69 Å². The number of anilines is 2. The molecule has 142 valence electrons. The summed E-state index contributed by atoms with van der Waals surface area (Å²) in [6.07, 6.45) is 0.947. The van der Waals surface area contributed by atoms with Gasteiger partial charge in [-0.2, -0.15) is 0 Å². The second kappa shape index (κ2) is 7.90. The summed E-state index contributed by atoms with van der Waals surface area (Å²) in [4.78, 5) is 26.4. The Hall–Kier alpha value is -2.35. The van der Waals surface area contributed by atoms with Gasteiger partial charge in [0.15, 0.2) is 0 Å². The van der Waals surface area contributed by atoms with Crippen molar-refractivity contribution >= 4 is 23.4 Å². The zero-order valence-corrected chi connectivity index (χ0v) is 14.9. The number of piperidine rings is 1. The monoisotopic (exact) mass is 364 g/mol. The summed E-state index contributed by atoms with van der Waals surface area (Å²) >= 11 is 0. The number of benzene rings is 1. The molecule has 1 unspecified atom stereocenters. The molecule has 0 spiro atoms. The van der Waals surface area contributed by atoms with Gasteiger partial charge in [-0.1, -0.05) is 0 Å². The molecule has 0 saturated carbocycles. The number of nitrogens with two attached hydrogens (primary N) is 1. The lowest BCUT2D eigenvalue weighted by Crippen LogP contribution is -2.36. The normalized spacial score (nSPS) is 21.0. The minimum Gasteiger partial charge on any atom is -0.442 e. The molecule has 0 aliphatic carbocycles. The molecule has 0 bridgehead atoms. The molecule has 2 aliphatic heterocycles. The van der Waals surface area contributed by atoms with Gasteiger partial charge in [-0.05, 0) is 43.5 Å². The molecular formula is C18H25FN4O3. The fraction of sp³-hybridized carbons (Fsp3) is 0.556. The molecule has 3 rings (SSSR count). The molecule has 8 heteroatoms. The van der Waals surface area contributed by atoms with Gasteiger partial charge in [-0.25, -0.2) is 9.18 Å². The SMILES string of the molecule is CC(=O)NCC1CN(c2ccc(N3CCC(CN)CC3)c(F)c2)C(=O)O1. The standard InChI is InChI=1S/C18H25FN4O3/c1-12(24)21-10-15-11-23(18(25)26-15)14-2-3-17(16(19)8-14)22-6-4-13(9-20)5-7-22/h2-3,8,13,15H,4-7,9-11,20H2,1H3,(H,21,24). The lowest BCUT2D eigenvalue weighted by atomic mass is 9.96. The van der Waals surface area contributed by atoms with Crippen LogP contribution in [0, 0.1) is 11.7 Å². The van der Waals surface area contributed by atoms with Crippen molar-refractivity contribution < 1.29 is 18.7 Å². The van der Waals surface area contributed by atoms with Gasteiger partial charge < -0.3 is 20.7 Å². The number of ether oxygens (including phenoxy) is 1. The van der Waals surface area contributed by atoms with Crippen LogP contribution in [0.25, 0.3) is 0 Å². The van der Waals surface area contributed by atoms with E-state index in [0.29, 0.717) is 23.8 Å². The highest BCUT2D eigenvalue weighted by Gasteiger charge is 2.33. The summed E-state index contributed by atoms with van der Waals surface area (Å²) in [7, 11) is 0. The predicted molar refractivity (Wildman–Crippen MR) is 96.7 cm³/mol. The number of hydrogen-bond donors (Lipinski definition) is 2. The van der Waals surface area contributed by atoms with Crippen LogP contribution in [0.2, 0.25) is 0 Å². The Morgan fingerprint density at radius 3 is 2.73 bits per heavy atom. The van der Waals surface area contributed by atoms with E-state index in [1.165, 1.54) is 17.9 Å². The molecule has 1 atom stereocenters. The Kier molecular flexibility index (Phi) is 5.61. The fourth-order valence-electron chi connectivity index (χ4n) is 3.43. The minimum absolute atomic E-state index is 0.187. The highest BCUT2D eigenvalue weighted by molar-refractivity contribution is 5.90. The molecule has 2 heterocycles. The van der Waals surface area contributed by atoms with Gasteiger partial charge in [0, 0.05) is 20.0 Å². The Morgan fingerprint density at radius 2 is 2.12 bits per heavy atom. The first-order valence-corrected chi connectivity index (χ1v) is 8.95. The second-order valence-electron chi connectivity index (χ2n) is 6.86. The van der Waals surface area contributed by atoms with E-state index >= 15 is 0 Å². The number of amides is 2. The molecule has 2 fully saturated rings. The van der Waals surface area contributed by atoms with E-state index < -0.39 is 12.2 Å². The number of carbonyl (C=O) groups is 2. The van der Waals surface area contributed by atoms with Crippen LogP contribution in [-0.4, -0.2) is 50.8 Å². The third kappa shape index (κ3) is 4.07. The molecule has 1 aromatic rings. The van der Waals surface area contributed by atoms with Crippen LogP contribution in [0.15, 0.2) is 18.2 Å². The summed E-state index contributed by atoms with van der Waals surface area (Å²) in [5.41, 5.74) is 6.71. The topological polar surface area (TPSA) is 87.9 Å². The van der Waals surface area contributed by atoms with E-state index in [4.69, 9.17) is 10.5 Å². The maximum atomic E-state index is 14.6. The third-order valence-corrected chi connectivity index (χ3v) is 4.98. The molecule has 7 nitrogen and oxygen atoms in total. The van der Waals surface area contributed by atoms with Crippen molar-refractivity contribution in [1.82, 2.24) is 5.32 Å². The van der Waals surface area contributed by atoms with Crippen LogP contribution in [-0.2, 0) is 9.53 Å². The molecule has 2 saturated heterocycles. The number of nitrogens with one attached hydrogen (secondary N) is 1. The molecule has 26 heavy (non-hydrogen) atoms. The molecule has 0 radical (unpaired) electrons. The summed E-state index contributed by atoms with van der Waals surface area (Å²) in [5.74, 6) is -0.0337. The minimum atomic E-state index is -0.531. The van der Waals surface area contributed by atoms with Crippen LogP contribution < -0.4 is 20.9 Å². The van der Waals surface area contributed by atoms with Gasteiger partial charge in [0.2, 0.25) is 5.91 Å². The smallest absolute Gasteiger partial charge is 0.414 e. The van der Waals surface area contributed by atoms with E-state index in [1.807, 2.05) is 4.90 Å². The van der Waals surface area contributed by atoms with Crippen LogP contribution >= 0.6 is 0 Å². The van der Waals surface area contributed by atoms with Crippen molar-refractivity contribution in [1.29, 1.82) is 0 Å². The lowest BCUT2D eigenvalue weighted by Gasteiger charge is -2.33. The van der Waals surface area contributed by atoms with E-state index in [9.17, 15) is 14.0 Å². The van der Waals surface area contributed by atoms with Gasteiger partial charge in [-0.15, -0.1) is 0 Å². The first kappa shape index (κ1) is 18.4. The van der Waals surface area contributed by atoms with Crippen LogP contribution in [0.5, 0.6) is 0 Å². The molecular weight excluding hydrogens is 339 g/mol. The Morgan fingerprint density at radius 1 is 1.38 bits per heavy atom. The van der Waals surface area contributed by atoms with Crippen molar-refractivity contribution in [3.05, 3.63) is 24.0 Å². The molecule has 0 aromatic heterocycles. The van der Waals surface area contributed by atoms with E-state index in [-0.39, 0.29) is 24.8 Å². The zero-order chi connectivity index (χ0) is 18.7. The average molecular weight is 364 g/mol. The summed E-state index contributed by atoms with van der Waals surface area (Å²) < 4.78 is 19.9. The summed E-state index contributed by atoms with van der Waals surface area (Å²) in [6, 6.07) is 4.81. The van der Waals surface area contributed by atoms with Gasteiger partial charge in [0.05, 0.1) is 24.5 Å². The van der Waals surface area contributed by atoms with Crippen molar-refractivity contribution in [2.75, 3.05) is 42.5 Å². The van der Waals surface area contributed by atoms with Gasteiger partial charge in [0.1, 0.15) is 11.9 Å². The second-order valence-corrected chi connectivity index (χ2v) is 6.86. The number of carbonyl (C=O) groups excluding carboxylic acids is 2. The number of halogens is 1. The first-order chi connectivity index (χ1) is 12.5. The number of rotatable bonds is 5. The Labute approximate surface area is 152 Å². The van der Waals surface area contributed by atoms with Gasteiger partial charge in [0.25, 0.3) is 0 Å². The Balaban J connectivity index is 1.66. The number of cyclic esters (lactones) is 1. The van der Waals surface area contributed by atoms with Crippen molar-refractivity contribution in [2.45, 2.75) is 25.9 Å². The largest absolute Gasteiger partial charge is 0.442 e. The zero-order valence-electron chi connectivity index (χ0n) is 14.9. The average Bonchev–Trinajstić information content (AvgIpc) is 3.01. The van der Waals surface area contributed by atoms with Crippen LogP contribution in [0.1, 0.15) is 19.8 Å². The first-order valence-electron chi connectivity index (χ1n) is 8.95. The fourth-order valence-corrected chi connectivity index (χ4v) is 3.43. The molecule has 1 aromatic carbocycles. The molecule has 2 aliphatic rings. The Bertz CT molecular complexity index is 676. The number of hydrogen-bond acceptors (Lipinski definition) is 5. The summed E-state index contributed by atoms with van der Waals surface area (Å²) in [5, 5.41) is 2.62. The van der Waals surface area contributed by atoms with Gasteiger partial charge >= 0.3 is 6.09 Å². The maximum absolute atomic E-state index is 14.6. The molecule has 2 amide bonds. The highest BCUT2D eigenvalue weighted by Crippen LogP contribution is 2.30. The van der Waals surface area contributed by atoms with Crippen molar-refractivity contribution in [3.63, 3.8) is 0 Å². The third-order valence-electron chi connectivity index (χ3n) is 4.98. The van der Waals surface area contributed by atoms with Crippen molar-refractivity contribution in [3.8, 4) is 0 Å². The highest BCUT2D eigenvalue weighted by atomic mass is 19.1. The van der Waals surface area contributed by atoms with Crippen molar-refractivity contribution in [2.24, 2.45) is 11.7 Å². The number of nitrogens with zero attached hydrogens (tertiary/aromatic N) is 2. The van der Waals surface area contributed by atoms with E-state index in [1.54, 1.807) is 12.1 Å². The maximum Gasteiger partial charge on any atom is 0.414 e. The summed E-state index contributed by atoms with van der Waals surface area (Å²) in [6.45, 7) is 4.16. The quantitative estimate of drug-likeness (QED) is 0.826. The van der Waals surface area contributed by atoms with Crippen LogP contribution in [0.3, 0.4) is 0 Å². The van der Waals surface area contributed by atoms with E-state index in [0.717, 1.165) is 25.9 Å². The van der Waals surface area contributed by atoms with Crippen LogP contribution in [0.4, 0.5) is 20.6 Å². The predicted octanol–water partition coefficient (Wildman–Crippen LogP) is 1.46.